The molecular formula is C11H24NOS. The monoisotopic (exact) mass is 218 g/mol. The molecule has 0 bridgehead atoms. The zero-order chi connectivity index (χ0) is 10.8. The number of rotatable bonds is 9. The molecule has 1 atom stereocenters. The molecule has 1 unspecified atom stereocenters. The zero-order valence-corrected chi connectivity index (χ0v) is 10.5. The molecule has 1 N–H and O–H groups in total. The molecule has 0 saturated heterocycles. The molecule has 0 aliphatic heterocycles. The van der Waals surface area contributed by atoms with Crippen molar-refractivity contribution < 1.29 is 4.74 Å². The van der Waals surface area contributed by atoms with Crippen LogP contribution in [0.25, 0.3) is 0 Å². The second-order valence-corrected chi connectivity index (χ2v) is 4.60. The molecule has 0 fully saturated rings. The second kappa shape index (κ2) is 9.81. The quantitative estimate of drug-likeness (QED) is 0.601. The SMILES string of the molecule is CC(C)CNC(C)COCCCC[S]. The van der Waals surface area contributed by atoms with Gasteiger partial charge in [0.2, 0.25) is 0 Å². The van der Waals surface area contributed by atoms with Crippen molar-refractivity contribution in [3.63, 3.8) is 0 Å². The van der Waals surface area contributed by atoms with Gasteiger partial charge in [0.1, 0.15) is 0 Å². The fourth-order valence-corrected chi connectivity index (χ4v) is 1.27. The standard InChI is InChI=1S/C11H24NOS/c1-10(2)8-12-11(3)9-13-6-4-5-7-14/h10-12H,4-9H2,1-3H3. The molecule has 0 saturated carbocycles. The van der Waals surface area contributed by atoms with E-state index in [1.807, 2.05) is 0 Å². The van der Waals surface area contributed by atoms with Gasteiger partial charge in [0.05, 0.1) is 6.61 Å². The van der Waals surface area contributed by atoms with E-state index in [4.69, 9.17) is 17.4 Å². The highest BCUT2D eigenvalue weighted by Crippen LogP contribution is 1.94. The van der Waals surface area contributed by atoms with Crippen LogP contribution < -0.4 is 5.32 Å². The lowest BCUT2D eigenvalue weighted by molar-refractivity contribution is 0.112. The van der Waals surface area contributed by atoms with Crippen molar-refractivity contribution in [3.05, 3.63) is 0 Å². The zero-order valence-electron chi connectivity index (χ0n) is 9.71. The van der Waals surface area contributed by atoms with E-state index in [9.17, 15) is 0 Å². The number of ether oxygens (including phenoxy) is 1. The van der Waals surface area contributed by atoms with Crippen LogP contribution in [-0.4, -0.2) is 31.6 Å². The van der Waals surface area contributed by atoms with E-state index in [0.717, 1.165) is 38.4 Å². The lowest BCUT2D eigenvalue weighted by Gasteiger charge is -2.15. The molecule has 0 heterocycles. The summed E-state index contributed by atoms with van der Waals surface area (Å²) in [5, 5.41) is 3.43. The van der Waals surface area contributed by atoms with Gasteiger partial charge in [-0.3, -0.25) is 0 Å². The van der Waals surface area contributed by atoms with Crippen molar-refractivity contribution in [1.82, 2.24) is 5.32 Å². The maximum atomic E-state index is 5.52. The first-order valence-corrected chi connectivity index (χ1v) is 6.13. The molecule has 0 amide bonds. The number of nitrogens with one attached hydrogen (secondary N) is 1. The van der Waals surface area contributed by atoms with Crippen molar-refractivity contribution in [2.24, 2.45) is 5.92 Å². The second-order valence-electron chi connectivity index (χ2n) is 4.19. The fourth-order valence-electron chi connectivity index (χ4n) is 1.06. The number of hydrogen-bond donors (Lipinski definition) is 1. The van der Waals surface area contributed by atoms with Gasteiger partial charge in [0.15, 0.2) is 0 Å². The van der Waals surface area contributed by atoms with Gasteiger partial charge in [-0.15, -0.1) is 0 Å². The van der Waals surface area contributed by atoms with Gasteiger partial charge in [0, 0.05) is 18.4 Å². The Balaban J connectivity index is 3.14. The van der Waals surface area contributed by atoms with Crippen LogP contribution in [0, 0.1) is 5.92 Å². The molecule has 0 aromatic carbocycles. The molecule has 14 heavy (non-hydrogen) atoms. The number of unbranched alkanes of at least 4 members (excludes halogenated alkanes) is 1. The first-order valence-electron chi connectivity index (χ1n) is 5.56. The van der Waals surface area contributed by atoms with E-state index < -0.39 is 0 Å². The average Bonchev–Trinajstić information content (AvgIpc) is 2.14. The van der Waals surface area contributed by atoms with Crippen LogP contribution in [-0.2, 0) is 4.74 Å². The van der Waals surface area contributed by atoms with Crippen LogP contribution in [0.3, 0.4) is 0 Å². The third-order valence-corrected chi connectivity index (χ3v) is 2.21. The highest BCUT2D eigenvalue weighted by atomic mass is 32.1. The predicted octanol–water partition coefficient (Wildman–Crippen LogP) is 2.61. The van der Waals surface area contributed by atoms with Crippen molar-refractivity contribution >= 4 is 12.6 Å². The molecule has 0 rings (SSSR count). The van der Waals surface area contributed by atoms with Gasteiger partial charge in [-0.05, 0) is 32.2 Å². The Labute approximate surface area is 94.2 Å². The van der Waals surface area contributed by atoms with Crippen molar-refractivity contribution in [1.29, 1.82) is 0 Å². The first-order chi connectivity index (χ1) is 6.66. The summed E-state index contributed by atoms with van der Waals surface area (Å²) in [5.74, 6) is 1.56. The van der Waals surface area contributed by atoms with Crippen molar-refractivity contribution in [3.8, 4) is 0 Å². The van der Waals surface area contributed by atoms with E-state index >= 15 is 0 Å². The van der Waals surface area contributed by atoms with Gasteiger partial charge < -0.3 is 10.1 Å². The highest BCUT2D eigenvalue weighted by molar-refractivity contribution is 7.80. The van der Waals surface area contributed by atoms with Crippen LogP contribution in [0.5, 0.6) is 0 Å². The maximum Gasteiger partial charge on any atom is 0.0616 e. The van der Waals surface area contributed by atoms with Crippen LogP contribution >= 0.6 is 12.6 Å². The van der Waals surface area contributed by atoms with Crippen LogP contribution in [0.1, 0.15) is 33.6 Å². The minimum atomic E-state index is 0.459. The lowest BCUT2D eigenvalue weighted by atomic mass is 10.2. The highest BCUT2D eigenvalue weighted by Gasteiger charge is 2.01. The molecule has 0 aliphatic rings. The summed E-state index contributed by atoms with van der Waals surface area (Å²) in [7, 11) is 0. The molecule has 2 nitrogen and oxygen atoms in total. The largest absolute Gasteiger partial charge is 0.380 e. The Bertz CT molecular complexity index is 120. The van der Waals surface area contributed by atoms with Gasteiger partial charge >= 0.3 is 0 Å². The normalized spacial score (nSPS) is 13.5. The average molecular weight is 218 g/mol. The Kier molecular flexibility index (Phi) is 10.0. The van der Waals surface area contributed by atoms with Crippen LogP contribution in [0.15, 0.2) is 0 Å². The molecule has 0 spiro atoms. The summed E-state index contributed by atoms with van der Waals surface area (Å²) in [4.78, 5) is 0. The van der Waals surface area contributed by atoms with E-state index in [1.54, 1.807) is 0 Å². The Morgan fingerprint density at radius 2 is 1.93 bits per heavy atom. The van der Waals surface area contributed by atoms with E-state index in [-0.39, 0.29) is 0 Å². The minimum absolute atomic E-state index is 0.459. The summed E-state index contributed by atoms with van der Waals surface area (Å²) in [6.45, 7) is 9.31. The van der Waals surface area contributed by atoms with Crippen molar-refractivity contribution in [2.75, 3.05) is 25.5 Å². The Morgan fingerprint density at radius 1 is 1.21 bits per heavy atom. The van der Waals surface area contributed by atoms with Gasteiger partial charge in [-0.2, -0.15) is 0 Å². The summed E-state index contributed by atoms with van der Waals surface area (Å²) in [5.41, 5.74) is 0. The molecule has 0 aromatic rings. The van der Waals surface area contributed by atoms with Gasteiger partial charge in [-0.25, -0.2) is 0 Å². The molecular weight excluding hydrogens is 194 g/mol. The summed E-state index contributed by atoms with van der Waals surface area (Å²) in [6.07, 6.45) is 2.20. The number of hydrogen-bond acceptors (Lipinski definition) is 2. The third-order valence-electron chi connectivity index (χ3n) is 1.93. The fraction of sp³-hybridized carbons (Fsp3) is 1.00. The Morgan fingerprint density at radius 3 is 2.50 bits per heavy atom. The topological polar surface area (TPSA) is 21.3 Å². The summed E-state index contributed by atoms with van der Waals surface area (Å²) < 4.78 is 5.52. The maximum absolute atomic E-state index is 5.52. The predicted molar refractivity (Wildman–Crippen MR) is 64.8 cm³/mol. The molecule has 1 radical (unpaired) electrons. The van der Waals surface area contributed by atoms with E-state index in [0.29, 0.717) is 12.0 Å². The molecule has 0 aromatic heterocycles. The van der Waals surface area contributed by atoms with E-state index in [2.05, 4.69) is 26.1 Å². The van der Waals surface area contributed by atoms with Gasteiger partial charge in [-0.1, -0.05) is 26.5 Å². The first kappa shape index (κ1) is 14.3. The van der Waals surface area contributed by atoms with E-state index in [1.165, 1.54) is 0 Å². The minimum Gasteiger partial charge on any atom is -0.380 e. The lowest BCUT2D eigenvalue weighted by Crippen LogP contribution is -2.33. The van der Waals surface area contributed by atoms with Crippen LogP contribution in [0.2, 0.25) is 0 Å². The molecule has 85 valence electrons. The van der Waals surface area contributed by atoms with Crippen LogP contribution in [0.4, 0.5) is 0 Å². The van der Waals surface area contributed by atoms with Crippen molar-refractivity contribution in [2.45, 2.75) is 39.7 Å². The molecule has 3 heteroatoms. The smallest absolute Gasteiger partial charge is 0.0616 e. The molecule has 0 aliphatic carbocycles. The summed E-state index contributed by atoms with van der Waals surface area (Å²) in [6, 6.07) is 0.459. The van der Waals surface area contributed by atoms with Gasteiger partial charge in [0.25, 0.3) is 0 Å². The Hall–Kier alpha value is 0.270. The third kappa shape index (κ3) is 10.4. The summed E-state index contributed by atoms with van der Waals surface area (Å²) >= 11 is 4.86.